The van der Waals surface area contributed by atoms with Crippen LogP contribution in [0.4, 0.5) is 35.0 Å². The molecule has 0 saturated carbocycles. The smallest absolute Gasteiger partial charge is 0.339 e. The van der Waals surface area contributed by atoms with Crippen molar-refractivity contribution in [3.8, 4) is 0 Å². The minimum atomic E-state index is -4.53. The van der Waals surface area contributed by atoms with Crippen LogP contribution in [-0.2, 0) is 15.8 Å². The molecule has 0 unspecified atom stereocenters. The number of amides is 4. The number of piperidine rings is 1. The number of benzene rings is 3. The second-order valence-corrected chi connectivity index (χ2v) is 10.4. The third-order valence-electron chi connectivity index (χ3n) is 7.34. The highest BCUT2D eigenvalue weighted by Gasteiger charge is 2.54. The van der Waals surface area contributed by atoms with Crippen LogP contribution in [-0.4, -0.2) is 59.5 Å². The Hall–Kier alpha value is -4.25. The van der Waals surface area contributed by atoms with Gasteiger partial charge in [-0.15, -0.1) is 0 Å². The van der Waals surface area contributed by atoms with Gasteiger partial charge < -0.3 is 25.3 Å². The highest BCUT2D eigenvalue weighted by Crippen LogP contribution is 2.39. The second-order valence-electron chi connectivity index (χ2n) is 9.99. The Morgan fingerprint density at radius 1 is 0.878 bits per heavy atom. The van der Waals surface area contributed by atoms with Crippen LogP contribution in [0.1, 0.15) is 18.4 Å². The van der Waals surface area contributed by atoms with Crippen LogP contribution in [0.3, 0.4) is 0 Å². The van der Waals surface area contributed by atoms with Crippen molar-refractivity contribution in [2.75, 3.05) is 41.8 Å². The maximum absolute atomic E-state index is 13.9. The molecule has 0 radical (unpaired) electrons. The second kappa shape index (κ2) is 11.3. The predicted molar refractivity (Wildman–Crippen MR) is 150 cm³/mol. The number of likely N-dealkylation sites (tertiary alicyclic amines) is 1. The van der Waals surface area contributed by atoms with Crippen molar-refractivity contribution in [3.05, 3.63) is 89.4 Å². The Bertz CT molecular complexity index is 1440. The lowest BCUT2D eigenvalue weighted by Gasteiger charge is -2.43. The van der Waals surface area contributed by atoms with E-state index in [0.29, 0.717) is 10.7 Å². The summed E-state index contributed by atoms with van der Waals surface area (Å²) in [4.78, 5) is 44.6. The summed E-state index contributed by atoms with van der Waals surface area (Å²) in [6, 6.07) is 20.0. The molecule has 8 nitrogen and oxygen atoms in total. The molecule has 5 rings (SSSR count). The van der Waals surface area contributed by atoms with Gasteiger partial charge in [-0.1, -0.05) is 41.9 Å². The summed E-state index contributed by atoms with van der Waals surface area (Å²) >= 11 is 6.01. The summed E-state index contributed by atoms with van der Waals surface area (Å²) in [5, 5.41) is 5.77. The number of alkyl halides is 3. The molecule has 0 bridgehead atoms. The lowest BCUT2D eigenvalue weighted by Crippen LogP contribution is -2.58. The zero-order chi connectivity index (χ0) is 29.2. The van der Waals surface area contributed by atoms with E-state index in [1.54, 1.807) is 24.3 Å². The molecular formula is C29H27ClF3N5O3. The Labute approximate surface area is 239 Å². The fraction of sp³-hybridized carbons (Fsp3) is 0.276. The molecule has 41 heavy (non-hydrogen) atoms. The Kier molecular flexibility index (Phi) is 7.81. The standard InChI is InChI=1S/C29H27ClF3N5O3/c30-21-7-5-9-23(17-21)34-25(39)18-37-19-38(24-10-2-1-3-11-24)28(26(37)40)12-14-36(15-13-28)27(41)35-22-8-4-6-20(16-22)29(31,32)33/h1-11,16-17H,12-15,18-19H2,(H,34,39)(H,35,41). The molecule has 2 fully saturated rings. The highest BCUT2D eigenvalue weighted by atomic mass is 35.5. The molecule has 3 aromatic rings. The number of halogens is 4. The maximum Gasteiger partial charge on any atom is 0.416 e. The minimum Gasteiger partial charge on any atom is -0.339 e. The van der Waals surface area contributed by atoms with Crippen LogP contribution < -0.4 is 15.5 Å². The van der Waals surface area contributed by atoms with E-state index in [2.05, 4.69) is 10.6 Å². The van der Waals surface area contributed by atoms with Gasteiger partial charge in [0.25, 0.3) is 5.91 Å². The molecule has 2 aliphatic rings. The largest absolute Gasteiger partial charge is 0.416 e. The number of nitrogens with zero attached hydrogens (tertiary/aromatic N) is 3. The number of urea groups is 1. The number of nitrogens with one attached hydrogen (secondary N) is 2. The van der Waals surface area contributed by atoms with Crippen molar-refractivity contribution in [1.82, 2.24) is 9.80 Å². The summed E-state index contributed by atoms with van der Waals surface area (Å²) in [5.74, 6) is -0.593. The normalized spacial score (nSPS) is 16.7. The van der Waals surface area contributed by atoms with E-state index in [1.807, 2.05) is 35.2 Å². The fourth-order valence-electron chi connectivity index (χ4n) is 5.32. The first-order valence-corrected chi connectivity index (χ1v) is 13.3. The topological polar surface area (TPSA) is 85.0 Å². The quantitative estimate of drug-likeness (QED) is 0.404. The molecule has 0 aliphatic carbocycles. The number of rotatable bonds is 5. The molecule has 2 aliphatic heterocycles. The summed E-state index contributed by atoms with van der Waals surface area (Å²) in [7, 11) is 0. The molecule has 0 atom stereocenters. The molecular weight excluding hydrogens is 559 g/mol. The number of hydrogen-bond acceptors (Lipinski definition) is 4. The van der Waals surface area contributed by atoms with E-state index in [9.17, 15) is 27.6 Å². The van der Waals surface area contributed by atoms with Crippen LogP contribution in [0.15, 0.2) is 78.9 Å². The average Bonchev–Trinajstić information content (AvgIpc) is 3.19. The van der Waals surface area contributed by atoms with Crippen LogP contribution in [0.25, 0.3) is 0 Å². The number of anilines is 3. The van der Waals surface area contributed by atoms with Crippen molar-refractivity contribution in [3.63, 3.8) is 0 Å². The van der Waals surface area contributed by atoms with Gasteiger partial charge in [0.15, 0.2) is 0 Å². The summed E-state index contributed by atoms with van der Waals surface area (Å²) in [6.45, 7) is 0.406. The van der Waals surface area contributed by atoms with E-state index in [4.69, 9.17) is 11.6 Å². The molecule has 2 heterocycles. The molecule has 214 valence electrons. The van der Waals surface area contributed by atoms with Gasteiger partial charge in [-0.3, -0.25) is 9.59 Å². The Morgan fingerprint density at radius 3 is 2.20 bits per heavy atom. The summed E-state index contributed by atoms with van der Waals surface area (Å²) < 4.78 is 39.3. The maximum atomic E-state index is 13.9. The number of para-hydroxylation sites is 1. The van der Waals surface area contributed by atoms with Crippen molar-refractivity contribution in [2.24, 2.45) is 0 Å². The van der Waals surface area contributed by atoms with Gasteiger partial charge in [-0.2, -0.15) is 13.2 Å². The first-order chi connectivity index (χ1) is 19.5. The lowest BCUT2D eigenvalue weighted by atomic mass is 9.85. The van der Waals surface area contributed by atoms with Crippen molar-refractivity contribution < 1.29 is 27.6 Å². The van der Waals surface area contributed by atoms with Gasteiger partial charge in [0, 0.05) is 35.2 Å². The Balaban J connectivity index is 1.29. The summed E-state index contributed by atoms with van der Waals surface area (Å²) in [5.41, 5.74) is -0.485. The van der Waals surface area contributed by atoms with E-state index >= 15 is 0 Å². The molecule has 3 aromatic carbocycles. The predicted octanol–water partition coefficient (Wildman–Crippen LogP) is 5.67. The molecule has 12 heteroatoms. The van der Waals surface area contributed by atoms with Crippen molar-refractivity contribution in [1.29, 1.82) is 0 Å². The fourth-order valence-corrected chi connectivity index (χ4v) is 5.51. The summed E-state index contributed by atoms with van der Waals surface area (Å²) in [6.07, 6.45) is -3.97. The average molecular weight is 586 g/mol. The van der Waals surface area contributed by atoms with Gasteiger partial charge in [0.1, 0.15) is 12.1 Å². The van der Waals surface area contributed by atoms with Crippen LogP contribution >= 0.6 is 11.6 Å². The van der Waals surface area contributed by atoms with Crippen LogP contribution in [0.2, 0.25) is 5.02 Å². The third kappa shape index (κ3) is 6.09. The minimum absolute atomic E-state index is 0.0323. The zero-order valence-corrected chi connectivity index (χ0v) is 22.6. The molecule has 2 saturated heterocycles. The highest BCUT2D eigenvalue weighted by molar-refractivity contribution is 6.30. The van der Waals surface area contributed by atoms with E-state index in [1.165, 1.54) is 21.9 Å². The SMILES string of the molecule is O=C(CN1CN(c2ccccc2)C2(CCN(C(=O)Nc3cccc(C(F)(F)F)c3)CC2)C1=O)Nc1cccc(Cl)c1. The van der Waals surface area contributed by atoms with E-state index in [0.717, 1.165) is 17.8 Å². The van der Waals surface area contributed by atoms with Crippen molar-refractivity contribution in [2.45, 2.75) is 24.6 Å². The first-order valence-electron chi connectivity index (χ1n) is 13.0. The molecule has 0 aromatic heterocycles. The van der Waals surface area contributed by atoms with Gasteiger partial charge >= 0.3 is 12.2 Å². The van der Waals surface area contributed by atoms with Crippen LogP contribution in [0, 0.1) is 0 Å². The Morgan fingerprint density at radius 2 is 1.54 bits per heavy atom. The van der Waals surface area contributed by atoms with Crippen LogP contribution in [0.5, 0.6) is 0 Å². The van der Waals surface area contributed by atoms with Gasteiger partial charge in [0.05, 0.1) is 12.2 Å². The number of carbonyl (C=O) groups excluding carboxylic acids is 3. The molecule has 4 amide bonds. The number of carbonyl (C=O) groups is 3. The third-order valence-corrected chi connectivity index (χ3v) is 7.58. The molecule has 2 N–H and O–H groups in total. The monoisotopic (exact) mass is 585 g/mol. The van der Waals surface area contributed by atoms with Gasteiger partial charge in [0.2, 0.25) is 5.91 Å². The zero-order valence-electron chi connectivity index (χ0n) is 21.8. The van der Waals surface area contributed by atoms with E-state index < -0.39 is 23.3 Å². The van der Waals surface area contributed by atoms with E-state index in [-0.39, 0.29) is 56.6 Å². The lowest BCUT2D eigenvalue weighted by molar-refractivity contribution is -0.137. The van der Waals surface area contributed by atoms with Crippen molar-refractivity contribution >= 4 is 46.5 Å². The molecule has 1 spiro atoms. The number of hydrogen-bond donors (Lipinski definition) is 2. The van der Waals surface area contributed by atoms with Gasteiger partial charge in [-0.05, 0) is 61.4 Å². The van der Waals surface area contributed by atoms with Gasteiger partial charge in [-0.25, -0.2) is 4.79 Å². The first kappa shape index (κ1) is 28.3.